The molecule has 0 atom stereocenters. The van der Waals surface area contributed by atoms with E-state index in [0.717, 1.165) is 73.0 Å². The first-order valence-corrected chi connectivity index (χ1v) is 11.3. The largest absolute Gasteiger partial charge is 0.473 e. The van der Waals surface area contributed by atoms with Crippen molar-refractivity contribution in [3.8, 4) is 5.88 Å². The molecule has 10 heteroatoms. The van der Waals surface area contributed by atoms with E-state index in [1.54, 1.807) is 22.2 Å². The van der Waals surface area contributed by atoms with Crippen molar-refractivity contribution >= 4 is 33.3 Å². The molecular weight excluding hydrogens is 402 g/mol. The minimum atomic E-state index is 0.161. The van der Waals surface area contributed by atoms with E-state index in [2.05, 4.69) is 30.3 Å². The zero-order chi connectivity index (χ0) is 20.5. The second-order valence-electron chi connectivity index (χ2n) is 7.96. The monoisotopic (exact) mass is 429 g/mol. The first kappa shape index (κ1) is 19.7. The lowest BCUT2D eigenvalue weighted by Gasteiger charge is -2.38. The molecule has 4 heterocycles. The first-order chi connectivity index (χ1) is 14.6. The molecule has 1 saturated heterocycles. The van der Waals surface area contributed by atoms with Crippen LogP contribution >= 0.6 is 11.3 Å². The van der Waals surface area contributed by atoms with Crippen molar-refractivity contribution in [2.45, 2.75) is 44.8 Å². The number of nitrogens with one attached hydrogen (secondary N) is 1. The van der Waals surface area contributed by atoms with Gasteiger partial charge in [-0.15, -0.1) is 0 Å². The third kappa shape index (κ3) is 4.26. The Kier molecular flexibility index (Phi) is 5.53. The molecule has 0 unspecified atom stereocenters. The Bertz CT molecular complexity index is 1010. The third-order valence-corrected chi connectivity index (χ3v) is 6.64. The lowest BCUT2D eigenvalue weighted by molar-refractivity contribution is -0.00126. The van der Waals surface area contributed by atoms with Gasteiger partial charge in [0.1, 0.15) is 6.10 Å². The summed E-state index contributed by atoms with van der Waals surface area (Å²) in [4.78, 5) is 17.3. The second-order valence-corrected chi connectivity index (χ2v) is 9.15. The highest BCUT2D eigenvalue weighted by Gasteiger charge is 2.29. The first-order valence-electron chi connectivity index (χ1n) is 10.5. The van der Waals surface area contributed by atoms with E-state index in [9.17, 15) is 0 Å². The molecule has 0 aromatic carbocycles. The Labute approximate surface area is 179 Å². The van der Waals surface area contributed by atoms with Gasteiger partial charge in [0.05, 0.1) is 30.1 Å². The number of aryl methyl sites for hydroxylation is 2. The van der Waals surface area contributed by atoms with Crippen LogP contribution in [0.2, 0.25) is 0 Å². The highest BCUT2D eigenvalue weighted by atomic mass is 32.1. The fourth-order valence-electron chi connectivity index (χ4n) is 4.28. The number of morpholine rings is 1. The number of nitrogens with zero attached hydrogens (tertiary/aromatic N) is 6. The molecule has 0 amide bonds. The van der Waals surface area contributed by atoms with Gasteiger partial charge in [0.2, 0.25) is 11.8 Å². The van der Waals surface area contributed by atoms with Crippen molar-refractivity contribution in [1.29, 1.82) is 0 Å². The van der Waals surface area contributed by atoms with E-state index in [4.69, 9.17) is 9.47 Å². The van der Waals surface area contributed by atoms with Crippen LogP contribution in [0.5, 0.6) is 5.88 Å². The van der Waals surface area contributed by atoms with E-state index < -0.39 is 0 Å². The Morgan fingerprint density at radius 1 is 1.13 bits per heavy atom. The molecule has 0 spiro atoms. The van der Waals surface area contributed by atoms with Gasteiger partial charge in [-0.05, 0) is 32.6 Å². The lowest BCUT2D eigenvalue weighted by Crippen LogP contribution is -2.46. The normalized spacial score (nSPS) is 23.0. The van der Waals surface area contributed by atoms with Crippen LogP contribution < -0.4 is 10.1 Å². The number of rotatable bonds is 5. The van der Waals surface area contributed by atoms with Gasteiger partial charge >= 0.3 is 0 Å². The quantitative estimate of drug-likeness (QED) is 0.662. The van der Waals surface area contributed by atoms with Crippen LogP contribution in [0.4, 0.5) is 11.6 Å². The van der Waals surface area contributed by atoms with Crippen LogP contribution in [-0.2, 0) is 11.8 Å². The van der Waals surface area contributed by atoms with Crippen LogP contribution in [0.25, 0.3) is 10.3 Å². The Morgan fingerprint density at radius 2 is 1.93 bits per heavy atom. The molecular formula is C20H27N7O2S. The summed E-state index contributed by atoms with van der Waals surface area (Å²) in [6.07, 6.45) is 8.15. The summed E-state index contributed by atoms with van der Waals surface area (Å²) >= 11 is 1.56. The van der Waals surface area contributed by atoms with Gasteiger partial charge < -0.3 is 14.8 Å². The fourth-order valence-corrected chi connectivity index (χ4v) is 5.06. The summed E-state index contributed by atoms with van der Waals surface area (Å²) in [6, 6.07) is 0.642. The Balaban J connectivity index is 1.31. The maximum Gasteiger partial charge on any atom is 0.246 e. The van der Waals surface area contributed by atoms with Crippen LogP contribution in [0.1, 0.15) is 30.7 Å². The Morgan fingerprint density at radius 3 is 2.67 bits per heavy atom. The zero-order valence-electron chi connectivity index (χ0n) is 17.4. The van der Waals surface area contributed by atoms with Crippen molar-refractivity contribution in [1.82, 2.24) is 29.6 Å². The van der Waals surface area contributed by atoms with Crippen molar-refractivity contribution < 1.29 is 9.47 Å². The summed E-state index contributed by atoms with van der Waals surface area (Å²) in [5.41, 5.74) is 1.60. The van der Waals surface area contributed by atoms with Gasteiger partial charge in [-0.2, -0.15) is 15.1 Å². The molecule has 5 rings (SSSR count). The molecule has 1 aliphatic carbocycles. The van der Waals surface area contributed by atoms with Gasteiger partial charge in [0.25, 0.3) is 0 Å². The highest BCUT2D eigenvalue weighted by molar-refractivity contribution is 7.18. The van der Waals surface area contributed by atoms with E-state index in [1.165, 1.54) is 0 Å². The van der Waals surface area contributed by atoms with Crippen molar-refractivity contribution in [2.24, 2.45) is 7.05 Å². The van der Waals surface area contributed by atoms with E-state index in [0.29, 0.717) is 17.9 Å². The third-order valence-electron chi connectivity index (χ3n) is 5.78. The predicted molar refractivity (Wildman–Crippen MR) is 116 cm³/mol. The summed E-state index contributed by atoms with van der Waals surface area (Å²) < 4.78 is 13.6. The molecule has 3 aromatic heterocycles. The van der Waals surface area contributed by atoms with Crippen LogP contribution in [-0.4, -0.2) is 68.1 Å². The summed E-state index contributed by atoms with van der Waals surface area (Å²) in [7, 11) is 1.88. The van der Waals surface area contributed by atoms with Gasteiger partial charge in [0.15, 0.2) is 10.3 Å². The van der Waals surface area contributed by atoms with Crippen molar-refractivity contribution in [2.75, 3.05) is 31.6 Å². The number of thiazole rings is 1. The number of aromatic nitrogens is 5. The van der Waals surface area contributed by atoms with E-state index in [1.807, 2.05) is 20.2 Å². The summed E-state index contributed by atoms with van der Waals surface area (Å²) in [5.74, 6) is 1.08. The minimum Gasteiger partial charge on any atom is -0.473 e. The van der Waals surface area contributed by atoms with Crippen molar-refractivity contribution in [3.63, 3.8) is 0 Å². The second kappa shape index (κ2) is 8.44. The molecule has 2 aliphatic rings. The molecule has 1 N–H and O–H groups in total. The molecule has 3 aromatic rings. The average Bonchev–Trinajstić information content (AvgIpc) is 3.34. The average molecular weight is 430 g/mol. The standard InChI is InChI=1S/C20H27N7O2S/c1-13-22-17-18(24-20(25-19(17)30-13)23-14-11-21-26(2)12-14)29-16-5-3-15(4-6-16)27-7-9-28-10-8-27/h11-12,15-16H,3-10H2,1-2H3,(H,23,24,25)/t15-,16-. The molecule has 30 heavy (non-hydrogen) atoms. The summed E-state index contributed by atoms with van der Waals surface area (Å²) in [5, 5.41) is 8.37. The van der Waals surface area contributed by atoms with Gasteiger partial charge in [-0.1, -0.05) is 11.3 Å². The predicted octanol–water partition coefficient (Wildman–Crippen LogP) is 2.89. The smallest absolute Gasteiger partial charge is 0.246 e. The van der Waals surface area contributed by atoms with Gasteiger partial charge in [-0.3, -0.25) is 9.58 Å². The van der Waals surface area contributed by atoms with Gasteiger partial charge in [-0.25, -0.2) is 4.98 Å². The maximum absolute atomic E-state index is 6.39. The lowest BCUT2D eigenvalue weighted by atomic mass is 9.91. The van der Waals surface area contributed by atoms with Gasteiger partial charge in [0, 0.05) is 32.4 Å². The van der Waals surface area contributed by atoms with Crippen molar-refractivity contribution in [3.05, 3.63) is 17.4 Å². The molecule has 1 saturated carbocycles. The topological polar surface area (TPSA) is 90.2 Å². The number of hydrogen-bond acceptors (Lipinski definition) is 9. The number of hydrogen-bond donors (Lipinski definition) is 1. The van der Waals surface area contributed by atoms with Crippen LogP contribution in [0.3, 0.4) is 0 Å². The maximum atomic E-state index is 6.39. The number of ether oxygens (including phenoxy) is 2. The highest BCUT2D eigenvalue weighted by Crippen LogP contribution is 2.32. The molecule has 160 valence electrons. The summed E-state index contributed by atoms with van der Waals surface area (Å²) in [6.45, 7) is 5.78. The van der Waals surface area contributed by atoms with Crippen LogP contribution in [0.15, 0.2) is 12.4 Å². The SMILES string of the molecule is Cc1nc2c(O[C@H]3CC[C@H](N4CCOCC4)CC3)nc(Nc3cnn(C)c3)nc2s1. The fraction of sp³-hybridized carbons (Fsp3) is 0.600. The molecule has 0 bridgehead atoms. The van der Waals surface area contributed by atoms with E-state index in [-0.39, 0.29) is 6.10 Å². The molecule has 0 radical (unpaired) electrons. The van der Waals surface area contributed by atoms with E-state index >= 15 is 0 Å². The minimum absolute atomic E-state index is 0.161. The number of fused-ring (bicyclic) bond motifs is 1. The molecule has 1 aliphatic heterocycles. The molecule has 2 fully saturated rings. The zero-order valence-corrected chi connectivity index (χ0v) is 18.2. The number of anilines is 2. The molecule has 9 nitrogen and oxygen atoms in total. The Hall–Kier alpha value is -2.30. The van der Waals surface area contributed by atoms with Crippen LogP contribution in [0, 0.1) is 6.92 Å².